The molecule has 1 N–H and O–H groups in total. The van der Waals surface area contributed by atoms with Crippen molar-refractivity contribution in [1.29, 1.82) is 0 Å². The zero-order valence-electron chi connectivity index (χ0n) is 20.9. The van der Waals surface area contributed by atoms with E-state index in [1.807, 2.05) is 6.07 Å². The molecule has 2 aliphatic rings. The maximum atomic E-state index is 13.9. The number of nitrogens with one attached hydrogen (secondary N) is 1. The fourth-order valence-electron chi connectivity index (χ4n) is 5.04. The summed E-state index contributed by atoms with van der Waals surface area (Å²) in [5, 5.41) is 2.32. The fraction of sp³-hybridized carbons (Fsp3) is 0.179. The molecule has 0 spiro atoms. The van der Waals surface area contributed by atoms with Crippen LogP contribution in [0.15, 0.2) is 82.9 Å². The van der Waals surface area contributed by atoms with Gasteiger partial charge in [0.15, 0.2) is 0 Å². The lowest BCUT2D eigenvalue weighted by Gasteiger charge is -2.30. The summed E-state index contributed by atoms with van der Waals surface area (Å²) in [6, 6.07) is 15.5. The van der Waals surface area contributed by atoms with Crippen LogP contribution in [0, 0.1) is 11.7 Å². The van der Waals surface area contributed by atoms with Gasteiger partial charge in [-0.3, -0.25) is 28.7 Å². The summed E-state index contributed by atoms with van der Waals surface area (Å²) in [6.07, 6.45) is 3.24. The zero-order chi connectivity index (χ0) is 28.0. The van der Waals surface area contributed by atoms with Crippen molar-refractivity contribution in [1.82, 2.24) is 9.55 Å². The van der Waals surface area contributed by atoms with Gasteiger partial charge in [0, 0.05) is 28.9 Å². The van der Waals surface area contributed by atoms with Gasteiger partial charge in [-0.1, -0.05) is 29.2 Å². The first-order chi connectivity index (χ1) is 19.4. The van der Waals surface area contributed by atoms with Gasteiger partial charge in [-0.25, -0.2) is 9.29 Å². The fourth-order valence-corrected chi connectivity index (χ4v) is 7.81. The summed E-state index contributed by atoms with van der Waals surface area (Å²) in [6.45, 7) is -0.309. The first-order valence-electron chi connectivity index (χ1n) is 12.2. The van der Waals surface area contributed by atoms with Gasteiger partial charge in [-0.2, -0.15) is 0 Å². The first-order valence-corrected chi connectivity index (χ1v) is 13.9. The van der Waals surface area contributed by atoms with Crippen molar-refractivity contribution in [2.24, 2.45) is 5.92 Å². The van der Waals surface area contributed by atoms with Crippen molar-refractivity contribution in [3.63, 3.8) is 0 Å². The van der Waals surface area contributed by atoms with Crippen LogP contribution >= 0.6 is 23.1 Å². The topological polar surface area (TPSA) is 111 Å². The minimum atomic E-state index is -0.812. The van der Waals surface area contributed by atoms with Crippen molar-refractivity contribution in [3.05, 3.63) is 99.0 Å². The number of carbonyl (C=O) groups excluding carboxylic acids is 3. The molecule has 0 saturated carbocycles. The average molecular weight is 577 g/mol. The Morgan fingerprint density at radius 2 is 1.80 bits per heavy atom. The Morgan fingerprint density at radius 1 is 1.05 bits per heavy atom. The van der Waals surface area contributed by atoms with Crippen LogP contribution in [0.2, 0.25) is 0 Å². The van der Waals surface area contributed by atoms with Crippen molar-refractivity contribution in [2.75, 3.05) is 17.3 Å². The van der Waals surface area contributed by atoms with E-state index in [2.05, 4.69) is 10.3 Å². The highest BCUT2D eigenvalue weighted by Gasteiger charge is 2.56. The van der Waals surface area contributed by atoms with Gasteiger partial charge < -0.3 is 10.1 Å². The van der Waals surface area contributed by atoms with E-state index in [9.17, 15) is 23.6 Å². The lowest BCUT2D eigenvalue weighted by atomic mass is 9.84. The Hall–Kier alpha value is -4.29. The molecule has 3 atom stereocenters. The molecule has 0 aliphatic carbocycles. The molecule has 40 heavy (non-hydrogen) atoms. The minimum absolute atomic E-state index is 0.309. The number of fused-ring (bicyclic) bond motifs is 2. The van der Waals surface area contributed by atoms with E-state index in [0.717, 1.165) is 23.1 Å². The molecular formula is C28H21FN4O5S2. The van der Waals surface area contributed by atoms with Crippen molar-refractivity contribution < 1.29 is 23.5 Å². The second kappa shape index (κ2) is 10.4. The van der Waals surface area contributed by atoms with Gasteiger partial charge >= 0.3 is 4.87 Å². The number of anilines is 2. The number of imide groups is 1. The predicted octanol–water partition coefficient (Wildman–Crippen LogP) is 3.89. The number of thioether (sulfide) groups is 1. The summed E-state index contributed by atoms with van der Waals surface area (Å²) in [4.78, 5) is 59.3. The molecule has 12 heteroatoms. The Labute approximate surface area is 235 Å². The normalized spacial score (nSPS) is 19.8. The van der Waals surface area contributed by atoms with Gasteiger partial charge in [0.1, 0.15) is 23.4 Å². The van der Waals surface area contributed by atoms with Gasteiger partial charge in [0.2, 0.25) is 17.7 Å². The van der Waals surface area contributed by atoms with Crippen LogP contribution in [0.25, 0.3) is 0 Å². The molecule has 2 aliphatic heterocycles. The maximum absolute atomic E-state index is 13.9. The van der Waals surface area contributed by atoms with Crippen molar-refractivity contribution >= 4 is 52.2 Å². The molecule has 0 unspecified atom stereocenters. The SMILES string of the molecule is COc1ccc(N2C(=O)[C@H]3[C@H](c4cccnc4)c4sc(=O)n(CC(=O)Nc5ccc(F)cc5)c4S[C@H]3C2=O)cc1. The molecule has 202 valence electrons. The van der Waals surface area contributed by atoms with Gasteiger partial charge in [0.25, 0.3) is 0 Å². The molecule has 0 bridgehead atoms. The standard InChI is InChI=1S/C28H21FN4O5S2/c1-38-19-10-8-18(9-11-19)33-25(35)22-21(15-3-2-12-30-13-15)24-27(39-23(22)26(33)36)32(28(37)40-24)14-20(34)31-17-6-4-16(29)5-7-17/h2-13,21-23H,14H2,1H3,(H,31,34)/t21-,22-,23+/m0/s1. The number of rotatable bonds is 6. The monoisotopic (exact) mass is 576 g/mol. The number of thiazole rings is 1. The summed E-state index contributed by atoms with van der Waals surface area (Å²) >= 11 is 2.08. The number of pyridine rings is 1. The molecule has 0 radical (unpaired) electrons. The van der Waals surface area contributed by atoms with Crippen molar-refractivity contribution in [3.8, 4) is 5.75 Å². The molecule has 3 amide bonds. The number of aromatic nitrogens is 2. The van der Waals surface area contributed by atoms with E-state index in [0.29, 0.717) is 32.6 Å². The Morgan fingerprint density at radius 3 is 2.48 bits per heavy atom. The smallest absolute Gasteiger partial charge is 0.308 e. The highest BCUT2D eigenvalue weighted by molar-refractivity contribution is 8.00. The van der Waals surface area contributed by atoms with Crippen LogP contribution in [0.1, 0.15) is 16.4 Å². The number of benzene rings is 2. The van der Waals surface area contributed by atoms with E-state index in [1.54, 1.807) is 42.7 Å². The Kier molecular flexibility index (Phi) is 6.72. The molecule has 1 fully saturated rings. The molecule has 2 aromatic heterocycles. The number of hydrogen-bond donors (Lipinski definition) is 1. The van der Waals surface area contributed by atoms with Crippen LogP contribution in [-0.4, -0.2) is 39.6 Å². The molecule has 4 aromatic rings. The number of hydrogen-bond acceptors (Lipinski definition) is 8. The number of carbonyl (C=O) groups is 3. The molecule has 2 aromatic carbocycles. The number of methoxy groups -OCH3 is 1. The highest BCUT2D eigenvalue weighted by Crippen LogP contribution is 2.53. The van der Waals surface area contributed by atoms with Crippen LogP contribution in [0.4, 0.5) is 15.8 Å². The summed E-state index contributed by atoms with van der Waals surface area (Å²) in [7, 11) is 1.53. The van der Waals surface area contributed by atoms with E-state index < -0.39 is 34.7 Å². The summed E-state index contributed by atoms with van der Waals surface area (Å²) in [5.41, 5.74) is 1.51. The van der Waals surface area contributed by atoms with Crippen LogP contribution in [0.5, 0.6) is 5.75 Å². The third-order valence-electron chi connectivity index (χ3n) is 6.85. The predicted molar refractivity (Wildman–Crippen MR) is 148 cm³/mol. The lowest BCUT2D eigenvalue weighted by Crippen LogP contribution is -2.33. The molecule has 1 saturated heterocycles. The Bertz CT molecular complexity index is 1670. The van der Waals surface area contributed by atoms with Gasteiger partial charge in [0.05, 0.1) is 23.7 Å². The van der Waals surface area contributed by atoms with E-state index in [-0.39, 0.29) is 17.3 Å². The molecule has 9 nitrogen and oxygen atoms in total. The number of amides is 3. The number of nitrogens with zero attached hydrogens (tertiary/aromatic N) is 3. The third-order valence-corrected chi connectivity index (χ3v) is 9.46. The summed E-state index contributed by atoms with van der Waals surface area (Å²) in [5.74, 6) is -2.46. The second-order valence-electron chi connectivity index (χ2n) is 9.22. The molecule has 6 rings (SSSR count). The first kappa shape index (κ1) is 26.0. The van der Waals surface area contributed by atoms with Gasteiger partial charge in [-0.15, -0.1) is 0 Å². The van der Waals surface area contributed by atoms with E-state index >= 15 is 0 Å². The maximum Gasteiger partial charge on any atom is 0.308 e. The van der Waals surface area contributed by atoms with Crippen LogP contribution in [-0.2, 0) is 20.9 Å². The lowest BCUT2D eigenvalue weighted by molar-refractivity contribution is -0.122. The van der Waals surface area contributed by atoms with Crippen LogP contribution < -0.4 is 19.8 Å². The minimum Gasteiger partial charge on any atom is -0.497 e. The average Bonchev–Trinajstić information content (AvgIpc) is 3.41. The van der Waals surface area contributed by atoms with Crippen molar-refractivity contribution in [2.45, 2.75) is 22.7 Å². The number of ether oxygens (including phenoxy) is 1. The number of halogens is 1. The summed E-state index contributed by atoms with van der Waals surface area (Å²) < 4.78 is 19.8. The third kappa shape index (κ3) is 4.48. The van der Waals surface area contributed by atoms with Gasteiger partial charge in [-0.05, 0) is 60.2 Å². The quantitative estimate of drug-likeness (QED) is 0.347. The van der Waals surface area contributed by atoms with Crippen LogP contribution in [0.3, 0.4) is 0 Å². The second-order valence-corrected chi connectivity index (χ2v) is 11.3. The highest BCUT2D eigenvalue weighted by atomic mass is 32.2. The zero-order valence-corrected chi connectivity index (χ0v) is 22.6. The van der Waals surface area contributed by atoms with E-state index in [4.69, 9.17) is 4.74 Å². The van der Waals surface area contributed by atoms with E-state index in [1.165, 1.54) is 40.8 Å². The Balaban J connectivity index is 1.38. The molecule has 4 heterocycles. The molecular weight excluding hydrogens is 555 g/mol. The largest absolute Gasteiger partial charge is 0.497 e.